The van der Waals surface area contributed by atoms with Crippen LogP contribution in [0.1, 0.15) is 11.3 Å². The van der Waals surface area contributed by atoms with Gasteiger partial charge in [-0.05, 0) is 17.9 Å². The van der Waals surface area contributed by atoms with E-state index in [1.54, 1.807) is 23.9 Å². The first-order valence-electron chi connectivity index (χ1n) is 5.59. The normalized spacial score (nSPS) is 10.4. The summed E-state index contributed by atoms with van der Waals surface area (Å²) in [6.45, 7) is 1.60. The number of thiophene rings is 1. The highest BCUT2D eigenvalue weighted by molar-refractivity contribution is 7.10. The van der Waals surface area contributed by atoms with Crippen molar-refractivity contribution in [1.29, 1.82) is 0 Å². The lowest BCUT2D eigenvalue weighted by molar-refractivity contribution is -0.120. The number of nitrogens with one attached hydrogen (secondary N) is 1. The van der Waals surface area contributed by atoms with Gasteiger partial charge in [-0.15, -0.1) is 11.3 Å². The van der Waals surface area contributed by atoms with Crippen LogP contribution in [0.5, 0.6) is 0 Å². The molecule has 0 aromatic carbocycles. The molecule has 2 aromatic heterocycles. The summed E-state index contributed by atoms with van der Waals surface area (Å²) in [5, 5.41) is 4.91. The number of aryl methyl sites for hydroxylation is 1. The van der Waals surface area contributed by atoms with Gasteiger partial charge in [-0.2, -0.15) is 0 Å². The van der Waals surface area contributed by atoms with Crippen LogP contribution in [0.15, 0.2) is 36.2 Å². The number of hydrogen-bond acceptors (Lipinski definition) is 3. The van der Waals surface area contributed by atoms with Crippen molar-refractivity contribution >= 4 is 17.2 Å². The minimum Gasteiger partial charge on any atom is -0.356 e. The van der Waals surface area contributed by atoms with Crippen molar-refractivity contribution in [3.8, 4) is 0 Å². The monoisotopic (exact) mass is 249 g/mol. The standard InChI is InChI=1S/C12H15N3OS/c16-12(9-11-3-1-8-17-11)14-4-2-6-15-7-5-13-10-15/h1,3,5,7-8,10H,2,4,6,9H2,(H,14,16). The fourth-order valence-corrected chi connectivity index (χ4v) is 2.25. The first-order valence-corrected chi connectivity index (χ1v) is 6.47. The fraction of sp³-hybridized carbons (Fsp3) is 0.333. The number of aromatic nitrogens is 2. The Hall–Kier alpha value is -1.62. The van der Waals surface area contributed by atoms with Crippen molar-refractivity contribution in [2.75, 3.05) is 6.54 Å². The lowest BCUT2D eigenvalue weighted by Gasteiger charge is -2.04. The molecule has 0 spiro atoms. The van der Waals surface area contributed by atoms with Crippen molar-refractivity contribution < 1.29 is 4.79 Å². The summed E-state index contributed by atoms with van der Waals surface area (Å²) < 4.78 is 2.01. The SMILES string of the molecule is O=C(Cc1cccs1)NCCCn1ccnc1. The van der Waals surface area contributed by atoms with Crippen LogP contribution in [0.2, 0.25) is 0 Å². The van der Waals surface area contributed by atoms with Gasteiger partial charge in [0.05, 0.1) is 12.7 Å². The van der Waals surface area contributed by atoms with Gasteiger partial charge >= 0.3 is 0 Å². The maximum atomic E-state index is 11.5. The summed E-state index contributed by atoms with van der Waals surface area (Å²) in [6, 6.07) is 3.95. The Morgan fingerprint density at radius 2 is 2.47 bits per heavy atom. The van der Waals surface area contributed by atoms with Gasteiger partial charge in [0.2, 0.25) is 5.91 Å². The second-order valence-corrected chi connectivity index (χ2v) is 4.79. The molecule has 90 valence electrons. The molecule has 0 atom stereocenters. The topological polar surface area (TPSA) is 46.9 Å². The molecular formula is C12H15N3OS. The Kier molecular flexibility index (Phi) is 4.32. The number of amides is 1. The van der Waals surface area contributed by atoms with Crippen LogP contribution in [0.4, 0.5) is 0 Å². The molecule has 5 heteroatoms. The molecule has 2 rings (SSSR count). The molecule has 0 aliphatic rings. The van der Waals surface area contributed by atoms with E-state index in [0.29, 0.717) is 13.0 Å². The van der Waals surface area contributed by atoms with E-state index in [-0.39, 0.29) is 5.91 Å². The Labute approximate surface area is 104 Å². The van der Waals surface area contributed by atoms with E-state index < -0.39 is 0 Å². The van der Waals surface area contributed by atoms with Crippen LogP contribution in [0.3, 0.4) is 0 Å². The van der Waals surface area contributed by atoms with Crippen LogP contribution in [0, 0.1) is 0 Å². The van der Waals surface area contributed by atoms with Gasteiger partial charge < -0.3 is 9.88 Å². The highest BCUT2D eigenvalue weighted by Gasteiger charge is 2.02. The average molecular weight is 249 g/mol. The molecule has 0 aliphatic carbocycles. The van der Waals surface area contributed by atoms with E-state index in [0.717, 1.165) is 17.8 Å². The van der Waals surface area contributed by atoms with Crippen molar-refractivity contribution in [2.24, 2.45) is 0 Å². The minimum atomic E-state index is 0.0954. The molecule has 0 saturated carbocycles. The predicted molar refractivity (Wildman–Crippen MR) is 67.9 cm³/mol. The largest absolute Gasteiger partial charge is 0.356 e. The summed E-state index contributed by atoms with van der Waals surface area (Å²) >= 11 is 1.62. The zero-order chi connectivity index (χ0) is 11.9. The third kappa shape index (κ3) is 4.03. The number of rotatable bonds is 6. The average Bonchev–Trinajstić information content (AvgIpc) is 2.96. The highest BCUT2D eigenvalue weighted by Crippen LogP contribution is 2.08. The number of carbonyl (C=O) groups is 1. The first kappa shape index (κ1) is 11.9. The molecule has 0 saturated heterocycles. The lowest BCUT2D eigenvalue weighted by Crippen LogP contribution is -2.26. The van der Waals surface area contributed by atoms with Gasteiger partial charge in [0, 0.05) is 30.4 Å². The Morgan fingerprint density at radius 1 is 1.53 bits per heavy atom. The Bertz CT molecular complexity index is 436. The molecule has 0 fully saturated rings. The molecular weight excluding hydrogens is 234 g/mol. The molecule has 0 radical (unpaired) electrons. The fourth-order valence-electron chi connectivity index (χ4n) is 1.54. The third-order valence-corrected chi connectivity index (χ3v) is 3.27. The summed E-state index contributed by atoms with van der Waals surface area (Å²) in [7, 11) is 0. The smallest absolute Gasteiger partial charge is 0.225 e. The molecule has 0 bridgehead atoms. The number of hydrogen-bond donors (Lipinski definition) is 1. The van der Waals surface area contributed by atoms with Crippen molar-refractivity contribution in [1.82, 2.24) is 14.9 Å². The highest BCUT2D eigenvalue weighted by atomic mass is 32.1. The Morgan fingerprint density at radius 3 is 3.18 bits per heavy atom. The molecule has 1 amide bonds. The summed E-state index contributed by atoms with van der Waals surface area (Å²) in [5.41, 5.74) is 0. The van der Waals surface area contributed by atoms with E-state index >= 15 is 0 Å². The second-order valence-electron chi connectivity index (χ2n) is 3.76. The molecule has 0 aliphatic heterocycles. The number of imidazole rings is 1. The minimum absolute atomic E-state index is 0.0954. The van der Waals surface area contributed by atoms with E-state index in [1.165, 1.54) is 0 Å². The number of nitrogens with zero attached hydrogens (tertiary/aromatic N) is 2. The maximum absolute atomic E-state index is 11.5. The van der Waals surface area contributed by atoms with E-state index in [9.17, 15) is 4.79 Å². The van der Waals surface area contributed by atoms with E-state index in [2.05, 4.69) is 10.3 Å². The summed E-state index contributed by atoms with van der Waals surface area (Å²) in [5.74, 6) is 0.0954. The zero-order valence-electron chi connectivity index (χ0n) is 9.50. The van der Waals surface area contributed by atoms with E-state index in [4.69, 9.17) is 0 Å². The number of carbonyl (C=O) groups excluding carboxylic acids is 1. The molecule has 17 heavy (non-hydrogen) atoms. The molecule has 0 unspecified atom stereocenters. The van der Waals surface area contributed by atoms with Gasteiger partial charge in [0.15, 0.2) is 0 Å². The first-order chi connectivity index (χ1) is 8.34. The van der Waals surface area contributed by atoms with Gasteiger partial charge in [-0.25, -0.2) is 4.98 Å². The van der Waals surface area contributed by atoms with Crippen LogP contribution < -0.4 is 5.32 Å². The maximum Gasteiger partial charge on any atom is 0.225 e. The zero-order valence-corrected chi connectivity index (χ0v) is 10.3. The molecule has 2 aromatic rings. The van der Waals surface area contributed by atoms with Gasteiger partial charge in [-0.3, -0.25) is 4.79 Å². The van der Waals surface area contributed by atoms with Crippen LogP contribution in [-0.4, -0.2) is 22.0 Å². The van der Waals surface area contributed by atoms with Gasteiger partial charge in [-0.1, -0.05) is 6.07 Å². The Balaban J connectivity index is 1.60. The van der Waals surface area contributed by atoms with E-state index in [1.807, 2.05) is 28.3 Å². The summed E-state index contributed by atoms with van der Waals surface area (Å²) in [6.07, 6.45) is 6.88. The second kappa shape index (κ2) is 6.20. The van der Waals surface area contributed by atoms with Crippen LogP contribution >= 0.6 is 11.3 Å². The molecule has 1 N–H and O–H groups in total. The molecule has 2 heterocycles. The quantitative estimate of drug-likeness (QED) is 0.792. The van der Waals surface area contributed by atoms with Crippen LogP contribution in [-0.2, 0) is 17.8 Å². The van der Waals surface area contributed by atoms with Crippen LogP contribution in [0.25, 0.3) is 0 Å². The lowest BCUT2D eigenvalue weighted by atomic mass is 10.3. The predicted octanol–water partition coefficient (Wildman–Crippen LogP) is 1.69. The molecule has 4 nitrogen and oxygen atoms in total. The van der Waals surface area contributed by atoms with Gasteiger partial charge in [0.1, 0.15) is 0 Å². The van der Waals surface area contributed by atoms with Crippen molar-refractivity contribution in [2.45, 2.75) is 19.4 Å². The van der Waals surface area contributed by atoms with Crippen molar-refractivity contribution in [3.63, 3.8) is 0 Å². The van der Waals surface area contributed by atoms with Crippen molar-refractivity contribution in [3.05, 3.63) is 41.1 Å². The third-order valence-electron chi connectivity index (χ3n) is 2.39. The van der Waals surface area contributed by atoms with Gasteiger partial charge in [0.25, 0.3) is 0 Å². The summed E-state index contributed by atoms with van der Waals surface area (Å²) in [4.78, 5) is 16.6.